The van der Waals surface area contributed by atoms with E-state index in [1.165, 1.54) is 13.2 Å². The third kappa shape index (κ3) is 8.12. The molecule has 224 valence electrons. The van der Waals surface area contributed by atoms with E-state index < -0.39 is 11.8 Å². The van der Waals surface area contributed by atoms with E-state index in [-0.39, 0.29) is 25.0 Å². The number of amides is 1. The molecule has 9 nitrogen and oxygen atoms in total. The molecule has 0 bridgehead atoms. The number of rotatable bonds is 11. The number of nitrogens with one attached hydrogen (secondary N) is 3. The van der Waals surface area contributed by atoms with Gasteiger partial charge in [0.2, 0.25) is 11.8 Å². The number of H-pyrrole nitrogens is 1. The first-order valence-electron chi connectivity index (χ1n) is 14.0. The number of carbonyl (C=O) groups excluding carboxylic acids is 2. The molecule has 1 aliphatic heterocycles. The number of aromatic nitrogens is 2. The smallest absolute Gasteiger partial charge is 0.337 e. The summed E-state index contributed by atoms with van der Waals surface area (Å²) < 4.78 is 24.7. The Morgan fingerprint density at radius 3 is 2.65 bits per heavy atom. The first-order valence-corrected chi connectivity index (χ1v) is 14.4. The highest BCUT2D eigenvalue weighted by Gasteiger charge is 2.24. The Morgan fingerprint density at radius 1 is 1.07 bits per heavy atom. The molecule has 4 aromatic rings. The lowest BCUT2D eigenvalue weighted by molar-refractivity contribution is -0.117. The molecular weight excluding hydrogens is 573 g/mol. The molecule has 0 spiro atoms. The van der Waals surface area contributed by atoms with Crippen LogP contribution in [0.3, 0.4) is 0 Å². The molecule has 43 heavy (non-hydrogen) atoms. The number of piperidine rings is 1. The summed E-state index contributed by atoms with van der Waals surface area (Å²) in [5.74, 6) is -0.347. The van der Waals surface area contributed by atoms with Gasteiger partial charge in [0.15, 0.2) is 0 Å². The number of ether oxygens (including phenoxy) is 2. The first kappa shape index (κ1) is 30.1. The summed E-state index contributed by atoms with van der Waals surface area (Å²) in [7, 11) is 1.33. The van der Waals surface area contributed by atoms with Crippen LogP contribution in [0.25, 0.3) is 0 Å². The van der Waals surface area contributed by atoms with Gasteiger partial charge in [-0.2, -0.15) is 0 Å². The van der Waals surface area contributed by atoms with Crippen LogP contribution in [0.5, 0.6) is 5.88 Å². The Morgan fingerprint density at radius 2 is 1.91 bits per heavy atom. The number of halogens is 2. The van der Waals surface area contributed by atoms with Crippen LogP contribution in [0, 0.1) is 5.82 Å². The highest BCUT2D eigenvalue weighted by molar-refractivity contribution is 6.30. The van der Waals surface area contributed by atoms with Crippen LogP contribution < -0.4 is 15.4 Å². The Labute approximate surface area is 254 Å². The van der Waals surface area contributed by atoms with Gasteiger partial charge in [-0.15, -0.1) is 0 Å². The zero-order valence-corrected chi connectivity index (χ0v) is 24.5. The van der Waals surface area contributed by atoms with Gasteiger partial charge in [0.05, 0.1) is 37.1 Å². The van der Waals surface area contributed by atoms with Crippen LogP contribution in [0.1, 0.15) is 46.1 Å². The molecular formula is C32H33ClFN5O4. The van der Waals surface area contributed by atoms with Gasteiger partial charge in [-0.1, -0.05) is 23.7 Å². The fourth-order valence-corrected chi connectivity index (χ4v) is 5.18. The third-order valence-electron chi connectivity index (χ3n) is 7.36. The number of hydrogen-bond donors (Lipinski definition) is 3. The van der Waals surface area contributed by atoms with Crippen molar-refractivity contribution in [2.24, 2.45) is 0 Å². The summed E-state index contributed by atoms with van der Waals surface area (Å²) in [4.78, 5) is 35.0. The number of methoxy groups -OCH3 is 1. The van der Waals surface area contributed by atoms with Crippen molar-refractivity contribution in [3.63, 3.8) is 0 Å². The van der Waals surface area contributed by atoms with Crippen molar-refractivity contribution in [1.82, 2.24) is 14.9 Å². The average Bonchev–Trinajstić information content (AvgIpc) is 3.54. The van der Waals surface area contributed by atoms with E-state index in [0.29, 0.717) is 39.9 Å². The molecule has 0 atom stereocenters. The van der Waals surface area contributed by atoms with Crippen molar-refractivity contribution in [3.8, 4) is 5.88 Å². The number of hydrogen-bond acceptors (Lipinski definition) is 7. The lowest BCUT2D eigenvalue weighted by Crippen LogP contribution is -2.39. The number of carbonyl (C=O) groups is 2. The van der Waals surface area contributed by atoms with Gasteiger partial charge in [0.25, 0.3) is 0 Å². The highest BCUT2D eigenvalue weighted by Crippen LogP contribution is 2.29. The SMILES string of the molecule is COC(=O)c1ccc(NC(=O)CN2CCC(c3cccc(OCc4ccc(Cl)cc4F)n3)CC2)c(NCc2ccc[nH]2)c1. The van der Waals surface area contributed by atoms with Gasteiger partial charge in [-0.25, -0.2) is 14.2 Å². The van der Waals surface area contributed by atoms with E-state index in [4.69, 9.17) is 21.1 Å². The molecule has 0 radical (unpaired) electrons. The minimum absolute atomic E-state index is 0.0572. The van der Waals surface area contributed by atoms with Crippen LogP contribution in [-0.4, -0.2) is 53.5 Å². The van der Waals surface area contributed by atoms with Gasteiger partial charge >= 0.3 is 5.97 Å². The zero-order chi connectivity index (χ0) is 30.2. The van der Waals surface area contributed by atoms with Crippen molar-refractivity contribution in [1.29, 1.82) is 0 Å². The van der Waals surface area contributed by atoms with E-state index in [9.17, 15) is 14.0 Å². The Kier molecular flexibility index (Phi) is 9.91. The quantitative estimate of drug-likeness (QED) is 0.180. The molecule has 0 aliphatic carbocycles. The second kappa shape index (κ2) is 14.2. The molecule has 3 N–H and O–H groups in total. The zero-order valence-electron chi connectivity index (χ0n) is 23.7. The highest BCUT2D eigenvalue weighted by atomic mass is 35.5. The van der Waals surface area contributed by atoms with E-state index in [0.717, 1.165) is 37.3 Å². The monoisotopic (exact) mass is 605 g/mol. The summed E-state index contributed by atoms with van der Waals surface area (Å²) >= 11 is 5.83. The summed E-state index contributed by atoms with van der Waals surface area (Å²) in [6.45, 7) is 2.26. The molecule has 3 heterocycles. The van der Waals surface area contributed by atoms with Gasteiger partial charge in [0, 0.05) is 40.2 Å². The molecule has 1 amide bonds. The van der Waals surface area contributed by atoms with Crippen molar-refractivity contribution in [2.75, 3.05) is 37.4 Å². The second-order valence-electron chi connectivity index (χ2n) is 10.3. The minimum Gasteiger partial charge on any atom is -0.473 e. The fourth-order valence-electron chi connectivity index (χ4n) is 5.02. The number of esters is 1. The topological polar surface area (TPSA) is 109 Å². The molecule has 0 saturated carbocycles. The molecule has 2 aromatic carbocycles. The molecule has 0 unspecified atom stereocenters. The predicted molar refractivity (Wildman–Crippen MR) is 163 cm³/mol. The maximum absolute atomic E-state index is 14.1. The lowest BCUT2D eigenvalue weighted by Gasteiger charge is -2.31. The Bertz CT molecular complexity index is 1560. The van der Waals surface area contributed by atoms with Crippen molar-refractivity contribution in [2.45, 2.75) is 31.9 Å². The second-order valence-corrected chi connectivity index (χ2v) is 10.8. The van der Waals surface area contributed by atoms with E-state index in [1.807, 2.05) is 30.5 Å². The van der Waals surface area contributed by atoms with Gasteiger partial charge in [-0.05, 0) is 74.5 Å². The molecule has 2 aromatic heterocycles. The largest absolute Gasteiger partial charge is 0.473 e. The number of anilines is 2. The van der Waals surface area contributed by atoms with Crippen LogP contribution in [0.4, 0.5) is 15.8 Å². The maximum Gasteiger partial charge on any atom is 0.337 e. The van der Waals surface area contributed by atoms with E-state index in [1.54, 1.807) is 36.4 Å². The molecule has 1 aliphatic rings. The number of nitrogens with zero attached hydrogens (tertiary/aromatic N) is 2. The maximum atomic E-state index is 14.1. The van der Waals surface area contributed by atoms with Gasteiger partial charge in [-0.3, -0.25) is 9.69 Å². The summed E-state index contributed by atoms with van der Waals surface area (Å²) in [5.41, 5.74) is 3.88. The van der Waals surface area contributed by atoms with E-state index >= 15 is 0 Å². The van der Waals surface area contributed by atoms with Crippen LogP contribution in [0.2, 0.25) is 5.02 Å². The first-order chi connectivity index (χ1) is 20.9. The standard InChI is InChI=1S/C32H33ClFN5O4/c1-42-32(41)22-8-10-28(29(16-22)36-18-25-4-3-13-35-25)37-30(40)19-39-14-11-21(12-15-39)27-5-2-6-31(38-27)43-20-23-7-9-24(33)17-26(23)34/h2-10,13,16-17,21,35-36H,11-12,14-15,18-20H2,1H3,(H,37,40). The predicted octanol–water partition coefficient (Wildman–Crippen LogP) is 6.00. The molecule has 5 rings (SSSR count). The lowest BCUT2D eigenvalue weighted by atomic mass is 9.93. The molecule has 1 saturated heterocycles. The summed E-state index contributed by atoms with van der Waals surface area (Å²) in [5, 5.41) is 6.61. The number of aromatic amines is 1. The molecule has 1 fully saturated rings. The Balaban J connectivity index is 1.14. The van der Waals surface area contributed by atoms with Crippen molar-refractivity contribution >= 4 is 34.9 Å². The van der Waals surface area contributed by atoms with Crippen LogP contribution >= 0.6 is 11.6 Å². The third-order valence-corrected chi connectivity index (χ3v) is 7.59. The van der Waals surface area contributed by atoms with Crippen molar-refractivity contribution in [3.05, 3.63) is 106 Å². The van der Waals surface area contributed by atoms with Crippen LogP contribution in [0.15, 0.2) is 72.9 Å². The number of likely N-dealkylation sites (tertiary alicyclic amines) is 1. The normalized spacial score (nSPS) is 13.8. The van der Waals surface area contributed by atoms with Gasteiger partial charge < -0.3 is 25.1 Å². The summed E-state index contributed by atoms with van der Waals surface area (Å²) in [6.07, 6.45) is 3.51. The Hall–Kier alpha value is -4.41. The van der Waals surface area contributed by atoms with E-state index in [2.05, 4.69) is 25.5 Å². The average molecular weight is 606 g/mol. The molecule has 11 heteroatoms. The number of benzene rings is 2. The number of pyridine rings is 1. The van der Waals surface area contributed by atoms with Gasteiger partial charge in [0.1, 0.15) is 12.4 Å². The van der Waals surface area contributed by atoms with Crippen LogP contribution in [-0.2, 0) is 22.7 Å². The van der Waals surface area contributed by atoms with Crippen molar-refractivity contribution < 1.29 is 23.5 Å². The minimum atomic E-state index is -0.453. The summed E-state index contributed by atoms with van der Waals surface area (Å²) in [6, 6.07) is 19.0. The fraction of sp³-hybridized carbons (Fsp3) is 0.281.